The van der Waals surface area contributed by atoms with Gasteiger partial charge in [0.1, 0.15) is 18.4 Å². The number of carbonyl (C=O) groups is 6. The van der Waals surface area contributed by atoms with Gasteiger partial charge in [-0.05, 0) is 30.5 Å². The van der Waals surface area contributed by atoms with Gasteiger partial charge in [-0.3, -0.25) is 24.0 Å². The monoisotopic (exact) mass is 491 g/mol. The smallest absolute Gasteiger partial charge is 0.246 e. The molecule has 1 aromatic carbocycles. The third kappa shape index (κ3) is 11.3. The van der Waals surface area contributed by atoms with Gasteiger partial charge >= 0.3 is 0 Å². The van der Waals surface area contributed by atoms with Crippen LogP contribution < -0.4 is 26.6 Å². The van der Waals surface area contributed by atoms with Gasteiger partial charge in [0.15, 0.2) is 0 Å². The molecule has 192 valence electrons. The van der Waals surface area contributed by atoms with Crippen molar-refractivity contribution in [1.82, 2.24) is 21.3 Å². The van der Waals surface area contributed by atoms with Gasteiger partial charge in [-0.15, -0.1) is 0 Å². The minimum Gasteiger partial charge on any atom is -0.392 e. The Kier molecular flexibility index (Phi) is 12.7. The third-order valence-corrected chi connectivity index (χ3v) is 4.80. The third-order valence-electron chi connectivity index (χ3n) is 4.80. The van der Waals surface area contributed by atoms with E-state index in [4.69, 9.17) is 5.11 Å². The van der Waals surface area contributed by atoms with E-state index in [-0.39, 0.29) is 31.9 Å². The summed E-state index contributed by atoms with van der Waals surface area (Å²) in [4.78, 5) is 70.7. The molecular formula is C23H33N5O7. The second-order valence-corrected chi connectivity index (χ2v) is 8.12. The Morgan fingerprint density at radius 1 is 0.857 bits per heavy atom. The molecule has 1 aromatic rings. The molecule has 12 heteroatoms. The number of anilines is 1. The van der Waals surface area contributed by atoms with Gasteiger partial charge in [-0.1, -0.05) is 26.0 Å². The number of hydrogen-bond donors (Lipinski definition) is 6. The lowest BCUT2D eigenvalue weighted by Crippen LogP contribution is -2.55. The van der Waals surface area contributed by atoms with E-state index in [9.17, 15) is 28.8 Å². The Morgan fingerprint density at radius 3 is 2.03 bits per heavy atom. The summed E-state index contributed by atoms with van der Waals surface area (Å²) in [6.07, 6.45) is 0.608. The zero-order valence-electron chi connectivity index (χ0n) is 20.1. The molecule has 6 N–H and O–H groups in total. The lowest BCUT2D eigenvalue weighted by Gasteiger charge is -2.24. The average molecular weight is 492 g/mol. The van der Waals surface area contributed by atoms with Gasteiger partial charge in [-0.25, -0.2) is 0 Å². The Balaban J connectivity index is 2.52. The number of carbonyl (C=O) groups excluding carboxylic acids is 6. The second-order valence-electron chi connectivity index (χ2n) is 8.12. The summed E-state index contributed by atoms with van der Waals surface area (Å²) in [5, 5.41) is 21.5. The quantitative estimate of drug-likeness (QED) is 0.180. The maximum absolute atomic E-state index is 12.7. The first-order valence-corrected chi connectivity index (χ1v) is 11.1. The van der Waals surface area contributed by atoms with Gasteiger partial charge in [0.2, 0.25) is 29.5 Å². The molecule has 0 bridgehead atoms. The van der Waals surface area contributed by atoms with Gasteiger partial charge in [-0.2, -0.15) is 0 Å². The SMILES string of the molecule is CC(C)[C@H](NC(=O)CNC(=O)CNC(=O)CCC=O)C(=O)N[C@@H](C)C(=O)Nc1ccc(CO)cc1. The highest BCUT2D eigenvalue weighted by Gasteiger charge is 2.27. The molecule has 0 saturated heterocycles. The summed E-state index contributed by atoms with van der Waals surface area (Å²) in [7, 11) is 0. The largest absolute Gasteiger partial charge is 0.392 e. The van der Waals surface area contributed by atoms with Crippen molar-refractivity contribution in [3.63, 3.8) is 0 Å². The predicted molar refractivity (Wildman–Crippen MR) is 127 cm³/mol. The maximum Gasteiger partial charge on any atom is 0.246 e. The summed E-state index contributed by atoms with van der Waals surface area (Å²) in [5.41, 5.74) is 1.19. The molecule has 5 amide bonds. The highest BCUT2D eigenvalue weighted by Crippen LogP contribution is 2.10. The van der Waals surface area contributed by atoms with Crippen LogP contribution in [0.5, 0.6) is 0 Å². The summed E-state index contributed by atoms with van der Waals surface area (Å²) in [5.74, 6) is -3.04. The first-order valence-electron chi connectivity index (χ1n) is 11.1. The molecule has 12 nitrogen and oxygen atoms in total. The standard InChI is InChI=1S/C23H33N5O7/c1-14(2)21(28-20(33)12-25-19(32)11-24-18(31)5-4-10-29)23(35)26-15(3)22(34)27-17-8-6-16(13-30)7-9-17/h6-10,14-15,21,30H,4-5,11-13H2,1-3H3,(H,24,31)(H,25,32)(H,26,35)(H,27,34)(H,28,33)/t15-,21-/m0/s1. The van der Waals surface area contributed by atoms with E-state index in [1.54, 1.807) is 38.1 Å². The van der Waals surface area contributed by atoms with Gasteiger partial charge in [0.05, 0.1) is 19.7 Å². The first-order chi connectivity index (χ1) is 16.6. The van der Waals surface area contributed by atoms with Crippen molar-refractivity contribution in [2.45, 2.75) is 52.3 Å². The zero-order valence-corrected chi connectivity index (χ0v) is 20.1. The van der Waals surface area contributed by atoms with Crippen molar-refractivity contribution in [2.75, 3.05) is 18.4 Å². The van der Waals surface area contributed by atoms with Gasteiger partial charge < -0.3 is 36.5 Å². The van der Waals surface area contributed by atoms with Crippen molar-refractivity contribution < 1.29 is 33.9 Å². The normalized spacial score (nSPS) is 12.1. The number of aldehydes is 1. The summed E-state index contributed by atoms with van der Waals surface area (Å²) < 4.78 is 0. The van der Waals surface area contributed by atoms with E-state index >= 15 is 0 Å². The van der Waals surface area contributed by atoms with E-state index in [0.717, 1.165) is 0 Å². The molecule has 0 spiro atoms. The number of nitrogens with one attached hydrogen (secondary N) is 5. The fourth-order valence-corrected chi connectivity index (χ4v) is 2.77. The number of aliphatic hydroxyl groups excluding tert-OH is 1. The predicted octanol–water partition coefficient (Wildman–Crippen LogP) is -1.03. The minimum atomic E-state index is -0.957. The summed E-state index contributed by atoms with van der Waals surface area (Å²) >= 11 is 0. The minimum absolute atomic E-state index is 0.0329. The zero-order chi connectivity index (χ0) is 26.4. The highest BCUT2D eigenvalue weighted by atomic mass is 16.3. The lowest BCUT2D eigenvalue weighted by atomic mass is 10.0. The Morgan fingerprint density at radius 2 is 1.46 bits per heavy atom. The fourth-order valence-electron chi connectivity index (χ4n) is 2.77. The van der Waals surface area contributed by atoms with Gasteiger partial charge in [0, 0.05) is 18.5 Å². The van der Waals surface area contributed by atoms with Gasteiger partial charge in [0.25, 0.3) is 0 Å². The number of aliphatic hydroxyl groups is 1. The number of benzene rings is 1. The highest BCUT2D eigenvalue weighted by molar-refractivity contribution is 5.98. The van der Waals surface area contributed by atoms with Crippen LogP contribution in [0, 0.1) is 5.92 Å². The van der Waals surface area contributed by atoms with E-state index in [1.807, 2.05) is 0 Å². The molecule has 0 radical (unpaired) electrons. The molecule has 0 aliphatic carbocycles. The van der Waals surface area contributed by atoms with E-state index in [0.29, 0.717) is 17.5 Å². The summed E-state index contributed by atoms with van der Waals surface area (Å²) in [6.45, 7) is 4.04. The Labute approximate surface area is 203 Å². The van der Waals surface area contributed by atoms with Crippen LogP contribution in [0.25, 0.3) is 0 Å². The van der Waals surface area contributed by atoms with Crippen LogP contribution in [0.4, 0.5) is 5.69 Å². The molecule has 0 fully saturated rings. The molecule has 0 heterocycles. The van der Waals surface area contributed by atoms with E-state index < -0.39 is 48.2 Å². The van der Waals surface area contributed by atoms with Crippen LogP contribution >= 0.6 is 0 Å². The van der Waals surface area contributed by atoms with Crippen LogP contribution in [0.3, 0.4) is 0 Å². The molecule has 35 heavy (non-hydrogen) atoms. The molecule has 0 unspecified atom stereocenters. The van der Waals surface area contributed by atoms with E-state index in [1.165, 1.54) is 6.92 Å². The van der Waals surface area contributed by atoms with Crippen molar-refractivity contribution in [3.8, 4) is 0 Å². The molecule has 2 atom stereocenters. The molecule has 0 aliphatic rings. The maximum atomic E-state index is 12.7. The number of rotatable bonds is 14. The molecule has 0 aliphatic heterocycles. The topological polar surface area (TPSA) is 183 Å². The average Bonchev–Trinajstić information content (AvgIpc) is 2.83. The molecule has 0 aromatic heterocycles. The Bertz CT molecular complexity index is 902. The first kappa shape index (κ1) is 29.2. The molecule has 1 rings (SSSR count). The number of hydrogen-bond acceptors (Lipinski definition) is 7. The second kappa shape index (κ2) is 15.2. The molecular weight excluding hydrogens is 458 g/mol. The van der Waals surface area contributed by atoms with Crippen LogP contribution in [0.15, 0.2) is 24.3 Å². The van der Waals surface area contributed by atoms with E-state index in [2.05, 4.69) is 26.6 Å². The van der Waals surface area contributed by atoms with Crippen molar-refractivity contribution in [2.24, 2.45) is 5.92 Å². The molecule has 0 saturated carbocycles. The Hall–Kier alpha value is -3.80. The van der Waals surface area contributed by atoms with Crippen LogP contribution in [-0.4, -0.2) is 66.1 Å². The lowest BCUT2D eigenvalue weighted by molar-refractivity contribution is -0.132. The summed E-state index contributed by atoms with van der Waals surface area (Å²) in [6, 6.07) is 4.70. The van der Waals surface area contributed by atoms with Crippen LogP contribution in [0.1, 0.15) is 39.2 Å². The van der Waals surface area contributed by atoms with Crippen molar-refractivity contribution in [3.05, 3.63) is 29.8 Å². The van der Waals surface area contributed by atoms with Crippen molar-refractivity contribution in [1.29, 1.82) is 0 Å². The van der Waals surface area contributed by atoms with Crippen LogP contribution in [0.2, 0.25) is 0 Å². The van der Waals surface area contributed by atoms with Crippen molar-refractivity contribution >= 4 is 41.5 Å². The van der Waals surface area contributed by atoms with Crippen LogP contribution in [-0.2, 0) is 35.4 Å². The fraction of sp³-hybridized carbons (Fsp3) is 0.478. The number of amides is 5.